The summed E-state index contributed by atoms with van der Waals surface area (Å²) < 4.78 is 5.17. The molecule has 0 unspecified atom stereocenters. The fourth-order valence-electron chi connectivity index (χ4n) is 2.26. The molecular formula is C18H15ClN2O3S. The molecule has 25 heavy (non-hydrogen) atoms. The molecule has 3 aromatic rings. The second-order valence-electron chi connectivity index (χ2n) is 5.46. The first kappa shape index (κ1) is 17.4. The van der Waals surface area contributed by atoms with E-state index in [1.807, 2.05) is 31.2 Å². The molecular weight excluding hydrogens is 360 g/mol. The molecule has 2 aromatic heterocycles. The summed E-state index contributed by atoms with van der Waals surface area (Å²) in [5.41, 5.74) is 2.51. The van der Waals surface area contributed by atoms with Crippen molar-refractivity contribution >= 4 is 45.7 Å². The lowest BCUT2D eigenvalue weighted by atomic mass is 10.1. The molecule has 0 atom stereocenters. The quantitative estimate of drug-likeness (QED) is 0.545. The van der Waals surface area contributed by atoms with Crippen LogP contribution >= 0.6 is 22.9 Å². The number of halogens is 1. The van der Waals surface area contributed by atoms with Crippen LogP contribution in [0.15, 0.2) is 41.8 Å². The van der Waals surface area contributed by atoms with Crippen LogP contribution in [0.4, 0.5) is 0 Å². The second-order valence-corrected chi connectivity index (χ2v) is 6.76. The number of fused-ring (bicyclic) bond motifs is 1. The Morgan fingerprint density at radius 2 is 2.12 bits per heavy atom. The number of ether oxygens (including phenoxy) is 1. The summed E-state index contributed by atoms with van der Waals surface area (Å²) in [4.78, 5) is 28.5. The number of nitrogens with zero attached hydrogens (tertiary/aromatic N) is 1. The van der Waals surface area contributed by atoms with E-state index >= 15 is 0 Å². The van der Waals surface area contributed by atoms with E-state index in [-0.39, 0.29) is 19.1 Å². The lowest BCUT2D eigenvalue weighted by Gasteiger charge is -2.08. The number of thiophene rings is 1. The average molecular weight is 375 g/mol. The van der Waals surface area contributed by atoms with Gasteiger partial charge in [0.25, 0.3) is 5.91 Å². The van der Waals surface area contributed by atoms with Gasteiger partial charge >= 0.3 is 5.97 Å². The van der Waals surface area contributed by atoms with Gasteiger partial charge in [-0.15, -0.1) is 11.3 Å². The number of aromatic nitrogens is 1. The van der Waals surface area contributed by atoms with Crippen LogP contribution in [0.2, 0.25) is 5.15 Å². The molecule has 3 rings (SSSR count). The summed E-state index contributed by atoms with van der Waals surface area (Å²) in [5.74, 6) is -0.835. The average Bonchev–Trinajstić information content (AvgIpc) is 3.12. The van der Waals surface area contributed by atoms with Crippen LogP contribution in [-0.4, -0.2) is 23.4 Å². The Kier molecular flexibility index (Phi) is 5.31. The van der Waals surface area contributed by atoms with E-state index in [0.717, 1.165) is 16.5 Å². The van der Waals surface area contributed by atoms with Gasteiger partial charge in [0, 0.05) is 10.9 Å². The Morgan fingerprint density at radius 1 is 1.28 bits per heavy atom. The van der Waals surface area contributed by atoms with Crippen molar-refractivity contribution in [2.75, 3.05) is 6.54 Å². The molecule has 5 nitrogen and oxygen atoms in total. The predicted molar refractivity (Wildman–Crippen MR) is 97.9 cm³/mol. The molecule has 7 heteroatoms. The molecule has 0 spiro atoms. The van der Waals surface area contributed by atoms with Gasteiger partial charge in [-0.2, -0.15) is 0 Å². The highest BCUT2D eigenvalue weighted by atomic mass is 35.5. The summed E-state index contributed by atoms with van der Waals surface area (Å²) in [6.07, 6.45) is 0. The third-order valence-corrected chi connectivity index (χ3v) is 4.72. The number of benzene rings is 1. The first-order chi connectivity index (χ1) is 12.0. The molecule has 0 saturated heterocycles. The maximum atomic E-state index is 11.8. The van der Waals surface area contributed by atoms with E-state index in [0.29, 0.717) is 15.6 Å². The van der Waals surface area contributed by atoms with Crippen LogP contribution in [0.1, 0.15) is 20.8 Å². The number of carbonyl (C=O) groups excluding carboxylic acids is 2. The monoisotopic (exact) mass is 374 g/mol. The van der Waals surface area contributed by atoms with Gasteiger partial charge in [0.15, 0.2) is 0 Å². The molecule has 128 valence electrons. The zero-order valence-electron chi connectivity index (χ0n) is 13.4. The number of esters is 1. The fraction of sp³-hybridized carbons (Fsp3) is 0.167. The summed E-state index contributed by atoms with van der Waals surface area (Å²) >= 11 is 7.47. The number of hydrogen-bond acceptors (Lipinski definition) is 5. The Morgan fingerprint density at radius 3 is 2.88 bits per heavy atom. The number of hydrogen-bond donors (Lipinski definition) is 1. The SMILES string of the molecule is Cc1ccc2cc(COC(=O)CNC(=O)c3cccs3)c(Cl)nc2c1. The van der Waals surface area contributed by atoms with Crippen LogP contribution in [0, 0.1) is 6.92 Å². The zero-order valence-corrected chi connectivity index (χ0v) is 15.0. The van der Waals surface area contributed by atoms with Crippen molar-refractivity contribution < 1.29 is 14.3 Å². The van der Waals surface area contributed by atoms with Crippen LogP contribution in [0.3, 0.4) is 0 Å². The Bertz CT molecular complexity index is 925. The molecule has 0 radical (unpaired) electrons. The molecule has 0 aliphatic rings. The standard InChI is InChI=1S/C18H15ClN2O3S/c1-11-4-5-12-8-13(17(19)21-14(12)7-11)10-24-16(22)9-20-18(23)15-3-2-6-25-15/h2-8H,9-10H2,1H3,(H,20,23). The largest absolute Gasteiger partial charge is 0.459 e. The number of amides is 1. The van der Waals surface area contributed by atoms with E-state index in [9.17, 15) is 9.59 Å². The zero-order chi connectivity index (χ0) is 17.8. The number of pyridine rings is 1. The van der Waals surface area contributed by atoms with Crippen molar-refractivity contribution in [3.63, 3.8) is 0 Å². The van der Waals surface area contributed by atoms with Crippen molar-refractivity contribution in [1.29, 1.82) is 0 Å². The first-order valence-electron chi connectivity index (χ1n) is 7.56. The highest BCUT2D eigenvalue weighted by Gasteiger charge is 2.11. The fourth-order valence-corrected chi connectivity index (χ4v) is 3.10. The van der Waals surface area contributed by atoms with Gasteiger partial charge in [-0.25, -0.2) is 4.98 Å². The lowest BCUT2D eigenvalue weighted by molar-refractivity contribution is -0.143. The van der Waals surface area contributed by atoms with Gasteiger partial charge in [-0.3, -0.25) is 9.59 Å². The summed E-state index contributed by atoms with van der Waals surface area (Å²) in [7, 11) is 0. The third-order valence-electron chi connectivity index (χ3n) is 3.53. The van der Waals surface area contributed by atoms with Crippen molar-refractivity contribution in [3.05, 3.63) is 62.9 Å². The van der Waals surface area contributed by atoms with Crippen LogP contribution in [0.5, 0.6) is 0 Å². The molecule has 1 aromatic carbocycles. The van der Waals surface area contributed by atoms with Gasteiger partial charge in [0.05, 0.1) is 10.4 Å². The minimum atomic E-state index is -0.537. The minimum absolute atomic E-state index is 0.00333. The molecule has 0 bridgehead atoms. The number of carbonyl (C=O) groups is 2. The molecule has 0 saturated carbocycles. The molecule has 0 aliphatic carbocycles. The smallest absolute Gasteiger partial charge is 0.325 e. The predicted octanol–water partition coefficient (Wildman–Crippen LogP) is 3.73. The van der Waals surface area contributed by atoms with E-state index in [1.54, 1.807) is 17.5 Å². The van der Waals surface area contributed by atoms with Gasteiger partial charge in [-0.1, -0.05) is 29.8 Å². The summed E-state index contributed by atoms with van der Waals surface area (Å²) in [6.45, 7) is 1.78. The Hall–Kier alpha value is -2.44. The first-order valence-corrected chi connectivity index (χ1v) is 8.82. The van der Waals surface area contributed by atoms with Crippen molar-refractivity contribution in [1.82, 2.24) is 10.3 Å². The third kappa shape index (κ3) is 4.35. The molecule has 1 amide bonds. The topological polar surface area (TPSA) is 68.3 Å². The second kappa shape index (κ2) is 7.63. The minimum Gasteiger partial charge on any atom is -0.459 e. The van der Waals surface area contributed by atoms with E-state index in [1.165, 1.54) is 11.3 Å². The van der Waals surface area contributed by atoms with Crippen molar-refractivity contribution in [3.8, 4) is 0 Å². The van der Waals surface area contributed by atoms with Crippen LogP contribution in [0.25, 0.3) is 10.9 Å². The maximum Gasteiger partial charge on any atom is 0.325 e. The number of nitrogens with one attached hydrogen (secondary N) is 1. The summed E-state index contributed by atoms with van der Waals surface area (Å²) in [5, 5.41) is 5.54. The Labute approximate surface area is 153 Å². The van der Waals surface area contributed by atoms with Gasteiger partial charge in [-0.05, 0) is 36.1 Å². The molecule has 0 fully saturated rings. The highest BCUT2D eigenvalue weighted by Crippen LogP contribution is 2.22. The molecule has 1 N–H and O–H groups in total. The molecule has 2 heterocycles. The van der Waals surface area contributed by atoms with Crippen LogP contribution in [-0.2, 0) is 16.1 Å². The van der Waals surface area contributed by atoms with Gasteiger partial charge < -0.3 is 10.1 Å². The van der Waals surface area contributed by atoms with E-state index < -0.39 is 5.97 Å². The Balaban J connectivity index is 1.58. The maximum absolute atomic E-state index is 11.8. The number of rotatable bonds is 5. The lowest BCUT2D eigenvalue weighted by Crippen LogP contribution is -2.30. The van der Waals surface area contributed by atoms with Crippen LogP contribution < -0.4 is 5.32 Å². The summed E-state index contributed by atoms with van der Waals surface area (Å²) in [6, 6.07) is 11.2. The van der Waals surface area contributed by atoms with E-state index in [2.05, 4.69) is 10.3 Å². The van der Waals surface area contributed by atoms with Gasteiger partial charge in [0.2, 0.25) is 0 Å². The highest BCUT2D eigenvalue weighted by molar-refractivity contribution is 7.12. The van der Waals surface area contributed by atoms with E-state index in [4.69, 9.17) is 16.3 Å². The van der Waals surface area contributed by atoms with Gasteiger partial charge in [0.1, 0.15) is 18.3 Å². The molecule has 0 aliphatic heterocycles. The number of aryl methyl sites for hydroxylation is 1. The normalized spacial score (nSPS) is 10.6. The van der Waals surface area contributed by atoms with Crippen molar-refractivity contribution in [2.45, 2.75) is 13.5 Å². The van der Waals surface area contributed by atoms with Crippen molar-refractivity contribution in [2.24, 2.45) is 0 Å².